The molecule has 0 radical (unpaired) electrons. The molecular formula is C12H19N2O9PS. The fourth-order valence-electron chi connectivity index (χ4n) is 2.87. The van der Waals surface area contributed by atoms with Gasteiger partial charge in [-0.25, -0.2) is 14.6 Å². The summed E-state index contributed by atoms with van der Waals surface area (Å²) in [6.45, 7) is -3.06. The maximum Gasteiger partial charge on any atom is 0.330 e. The van der Waals surface area contributed by atoms with E-state index in [2.05, 4.69) is 16.8 Å². The van der Waals surface area contributed by atoms with Gasteiger partial charge in [0, 0.05) is 12.3 Å². The smallest absolute Gasteiger partial charge is 0.330 e. The summed E-state index contributed by atoms with van der Waals surface area (Å²) in [4.78, 5) is 54.5. The fourth-order valence-corrected chi connectivity index (χ4v) is 3.73. The number of hydrogen-bond acceptors (Lipinski definition) is 8. The molecule has 1 aromatic rings. The Bertz CT molecular complexity index is 761. The van der Waals surface area contributed by atoms with Crippen LogP contribution >= 0.6 is 6.72 Å². The maximum absolute atomic E-state index is 12.2. The van der Waals surface area contributed by atoms with Crippen molar-refractivity contribution < 1.29 is 33.9 Å². The third-order valence-electron chi connectivity index (χ3n) is 3.84. The van der Waals surface area contributed by atoms with Crippen molar-refractivity contribution >= 4 is 18.5 Å². The van der Waals surface area contributed by atoms with Gasteiger partial charge in [-0.05, 0) is 18.2 Å². The van der Waals surface area contributed by atoms with Gasteiger partial charge >= 0.3 is 12.4 Å². The summed E-state index contributed by atoms with van der Waals surface area (Å²) in [5.74, 6) is 0. The van der Waals surface area contributed by atoms with Crippen molar-refractivity contribution in [3.05, 3.63) is 33.1 Å². The minimum Gasteiger partial charge on any atom is -0.394 e. The number of aliphatic hydroxyl groups excluding tert-OH is 1. The lowest BCUT2D eigenvalue weighted by Gasteiger charge is -2.34. The first-order chi connectivity index (χ1) is 11.7. The molecule has 0 saturated carbocycles. The van der Waals surface area contributed by atoms with Gasteiger partial charge in [0.2, 0.25) is 0 Å². The van der Waals surface area contributed by atoms with Gasteiger partial charge in [0.15, 0.2) is 11.8 Å². The van der Waals surface area contributed by atoms with E-state index in [1.54, 1.807) is 6.92 Å². The van der Waals surface area contributed by atoms with Crippen LogP contribution in [-0.2, 0) is 36.6 Å². The Morgan fingerprint density at radius 2 is 2.16 bits per heavy atom. The number of aromatic amines is 1. The molecule has 142 valence electrons. The number of nitrogens with zero attached hydrogens (tertiary/aromatic N) is 1. The van der Waals surface area contributed by atoms with E-state index in [1.165, 1.54) is 13.3 Å². The van der Waals surface area contributed by atoms with Crippen molar-refractivity contribution in [1.82, 2.24) is 9.55 Å². The van der Waals surface area contributed by atoms with Crippen LogP contribution in [0.4, 0.5) is 0 Å². The molecule has 1 aliphatic heterocycles. The molecular weight excluding hydrogens is 379 g/mol. The number of aromatic nitrogens is 2. The molecule has 0 bridgehead atoms. The van der Waals surface area contributed by atoms with Crippen molar-refractivity contribution in [1.29, 1.82) is 0 Å². The predicted octanol–water partition coefficient (Wildman–Crippen LogP) is -1.47. The number of rotatable bonds is 7. The van der Waals surface area contributed by atoms with Gasteiger partial charge in [0.25, 0.3) is 5.56 Å². The molecule has 1 saturated heterocycles. The lowest BCUT2D eigenvalue weighted by Crippen LogP contribution is -2.52. The second-order valence-electron chi connectivity index (χ2n) is 5.26. The van der Waals surface area contributed by atoms with Crippen LogP contribution in [0.5, 0.6) is 0 Å². The van der Waals surface area contributed by atoms with E-state index < -0.39 is 48.6 Å². The average molecular weight is 398 g/mol. The minimum absolute atomic E-state index is 0.128. The molecule has 0 unspecified atom stereocenters. The highest BCUT2D eigenvalue weighted by molar-refractivity contribution is 8.06. The van der Waals surface area contributed by atoms with E-state index in [1.807, 2.05) is 0 Å². The zero-order valence-corrected chi connectivity index (χ0v) is 15.1. The maximum atomic E-state index is 12.2. The first-order valence-corrected chi connectivity index (χ1v) is 9.85. The molecule has 25 heavy (non-hydrogen) atoms. The summed E-state index contributed by atoms with van der Waals surface area (Å²) >= 11 is 4.48. The normalized spacial score (nSPS) is 29.9. The molecule has 13 heteroatoms. The van der Waals surface area contributed by atoms with Gasteiger partial charge in [-0.15, -0.1) is 0 Å². The van der Waals surface area contributed by atoms with Crippen LogP contribution < -0.4 is 11.2 Å². The monoisotopic (exact) mass is 398 g/mol. The molecule has 2 rings (SSSR count). The molecule has 2 heterocycles. The first kappa shape index (κ1) is 20.4. The van der Waals surface area contributed by atoms with Crippen LogP contribution in [0.25, 0.3) is 0 Å². The van der Waals surface area contributed by atoms with Crippen LogP contribution in [0, 0.1) is 0 Å². The average Bonchev–Trinajstić information content (AvgIpc) is 2.80. The van der Waals surface area contributed by atoms with E-state index in [4.69, 9.17) is 19.0 Å². The van der Waals surface area contributed by atoms with Crippen molar-refractivity contribution in [3.8, 4) is 0 Å². The second-order valence-corrected chi connectivity index (χ2v) is 7.88. The lowest BCUT2D eigenvalue weighted by molar-refractivity contribution is -0.345. The Kier molecular flexibility index (Phi) is 6.30. The Hall–Kier alpha value is -0.950. The molecule has 1 aliphatic rings. The molecule has 0 amide bonds. The Morgan fingerprint density at radius 3 is 2.64 bits per heavy atom. The number of aliphatic hydroxyl groups is 1. The summed E-state index contributed by atoms with van der Waals surface area (Å²) in [5.41, 5.74) is -2.95. The highest BCUT2D eigenvalue weighted by atomic mass is 32.5. The third kappa shape index (κ3) is 4.08. The van der Waals surface area contributed by atoms with Crippen molar-refractivity contribution in [2.24, 2.45) is 0 Å². The standard InChI is InChI=1S/C12H19N2O9PS/c1-3-12(14-5-4-8(16)13-11(14)17)10(22-20-2)9(7(6-15)21-12)23-24(18,19)25/h4-5,7,9-10,15H,3,6H2,1-2H3,(H,13,16,17)(H2,18,19,25)/t7-,9-,10-,12-/m1/s1. The lowest BCUT2D eigenvalue weighted by atomic mass is 10.00. The van der Waals surface area contributed by atoms with Crippen LogP contribution in [-0.4, -0.2) is 56.5 Å². The molecule has 11 nitrogen and oxygen atoms in total. The molecule has 1 aromatic heterocycles. The summed E-state index contributed by atoms with van der Waals surface area (Å²) in [5, 5.41) is 9.58. The molecule has 0 aromatic carbocycles. The van der Waals surface area contributed by atoms with Crippen LogP contribution in [0.2, 0.25) is 0 Å². The third-order valence-corrected chi connectivity index (χ3v) is 4.62. The minimum atomic E-state index is -4.14. The SMILES string of the molecule is CC[C@@]1(n2ccc(=O)[nH]c2=O)O[C@H](CO)[C@@H](OP(O)(O)=S)[C@H]1OOC. The van der Waals surface area contributed by atoms with Gasteiger partial charge in [0.05, 0.1) is 13.7 Å². The predicted molar refractivity (Wildman–Crippen MR) is 87.0 cm³/mol. The van der Waals surface area contributed by atoms with Crippen LogP contribution in [0.3, 0.4) is 0 Å². The molecule has 0 aliphatic carbocycles. The van der Waals surface area contributed by atoms with Gasteiger partial charge in [0.1, 0.15) is 12.2 Å². The zero-order valence-electron chi connectivity index (χ0n) is 13.4. The van der Waals surface area contributed by atoms with Gasteiger partial charge in [-0.2, -0.15) is 0 Å². The highest BCUT2D eigenvalue weighted by Crippen LogP contribution is 2.47. The van der Waals surface area contributed by atoms with E-state index in [9.17, 15) is 24.5 Å². The van der Waals surface area contributed by atoms with E-state index >= 15 is 0 Å². The van der Waals surface area contributed by atoms with E-state index in [0.717, 1.165) is 10.6 Å². The Labute approximate surface area is 146 Å². The van der Waals surface area contributed by atoms with Crippen LogP contribution in [0.1, 0.15) is 13.3 Å². The van der Waals surface area contributed by atoms with Crippen molar-refractivity contribution in [2.45, 2.75) is 37.4 Å². The van der Waals surface area contributed by atoms with Gasteiger partial charge in [-0.3, -0.25) is 18.9 Å². The largest absolute Gasteiger partial charge is 0.394 e. The van der Waals surface area contributed by atoms with Gasteiger partial charge < -0.3 is 19.6 Å². The Balaban J connectivity index is 2.60. The zero-order chi connectivity index (χ0) is 18.8. The summed E-state index contributed by atoms with van der Waals surface area (Å²) in [6.07, 6.45) is -2.22. The molecule has 4 atom stereocenters. The number of hydrogen-bond donors (Lipinski definition) is 4. The number of nitrogens with one attached hydrogen (secondary N) is 1. The molecule has 0 spiro atoms. The second kappa shape index (κ2) is 7.74. The topological polar surface area (TPSA) is 152 Å². The number of ether oxygens (including phenoxy) is 1. The summed E-state index contributed by atoms with van der Waals surface area (Å²) < 4.78 is 11.9. The van der Waals surface area contributed by atoms with Gasteiger partial charge in [-0.1, -0.05) is 6.92 Å². The first-order valence-electron chi connectivity index (χ1n) is 7.23. The molecule has 1 fully saturated rings. The quantitative estimate of drug-likeness (QED) is 0.243. The summed E-state index contributed by atoms with van der Waals surface area (Å²) in [6, 6.07) is 1.11. The summed E-state index contributed by atoms with van der Waals surface area (Å²) in [7, 11) is 1.20. The van der Waals surface area contributed by atoms with Crippen molar-refractivity contribution in [2.75, 3.05) is 13.7 Å². The fraction of sp³-hybridized carbons (Fsp3) is 0.667. The molecule has 4 N–H and O–H groups in total. The van der Waals surface area contributed by atoms with E-state index in [-0.39, 0.29) is 6.42 Å². The Morgan fingerprint density at radius 1 is 1.48 bits per heavy atom. The number of H-pyrrole nitrogens is 1. The van der Waals surface area contributed by atoms with Crippen molar-refractivity contribution in [3.63, 3.8) is 0 Å². The van der Waals surface area contributed by atoms with Crippen LogP contribution in [0.15, 0.2) is 21.9 Å². The van der Waals surface area contributed by atoms with E-state index in [0.29, 0.717) is 0 Å². The highest BCUT2D eigenvalue weighted by Gasteiger charge is 2.59.